The Morgan fingerprint density at radius 3 is 2.79 bits per heavy atom. The fourth-order valence-electron chi connectivity index (χ4n) is 2.73. The summed E-state index contributed by atoms with van der Waals surface area (Å²) in [6.45, 7) is 1.94. The molecule has 19 heavy (non-hydrogen) atoms. The fourth-order valence-corrected chi connectivity index (χ4v) is 2.98. The van der Waals surface area contributed by atoms with Gasteiger partial charge >= 0.3 is 0 Å². The van der Waals surface area contributed by atoms with E-state index in [9.17, 15) is 9.18 Å². The van der Waals surface area contributed by atoms with Crippen LogP contribution in [0.25, 0.3) is 5.69 Å². The average molecular weight is 278 g/mol. The molecule has 0 spiro atoms. The predicted octanol–water partition coefficient (Wildman–Crippen LogP) is 4.10. The Bertz CT molecular complexity index is 675. The largest absolute Gasteiger partial charge is 0.316 e. The SMILES string of the molecule is Cc1cc2c(n1-c1ccc(F)cc1Cl)CCCC2=O. The van der Waals surface area contributed by atoms with Crippen LogP contribution in [-0.2, 0) is 6.42 Å². The Labute approximate surface area is 115 Å². The Morgan fingerprint density at radius 1 is 1.26 bits per heavy atom. The monoisotopic (exact) mass is 277 g/mol. The lowest BCUT2D eigenvalue weighted by Gasteiger charge is -2.17. The first-order chi connectivity index (χ1) is 9.08. The molecular weight excluding hydrogens is 265 g/mol. The van der Waals surface area contributed by atoms with Crippen LogP contribution in [0, 0.1) is 12.7 Å². The Hall–Kier alpha value is -1.61. The van der Waals surface area contributed by atoms with E-state index in [1.165, 1.54) is 12.1 Å². The van der Waals surface area contributed by atoms with E-state index in [0.717, 1.165) is 35.5 Å². The zero-order valence-corrected chi connectivity index (χ0v) is 11.3. The Morgan fingerprint density at radius 2 is 2.05 bits per heavy atom. The molecule has 1 aliphatic rings. The third-order valence-corrected chi connectivity index (χ3v) is 3.86. The first-order valence-corrected chi connectivity index (χ1v) is 6.65. The normalized spacial score (nSPS) is 14.6. The van der Waals surface area contributed by atoms with Crippen LogP contribution in [0.2, 0.25) is 5.02 Å². The number of hydrogen-bond acceptors (Lipinski definition) is 1. The molecular formula is C15H13ClFNO. The lowest BCUT2D eigenvalue weighted by Crippen LogP contribution is -2.13. The van der Waals surface area contributed by atoms with Crippen LogP contribution in [0.4, 0.5) is 4.39 Å². The van der Waals surface area contributed by atoms with Gasteiger partial charge in [0.15, 0.2) is 5.78 Å². The van der Waals surface area contributed by atoms with Crippen molar-refractivity contribution in [2.75, 3.05) is 0 Å². The summed E-state index contributed by atoms with van der Waals surface area (Å²) in [5.74, 6) is -0.176. The minimum absolute atomic E-state index is 0.182. The van der Waals surface area contributed by atoms with Gasteiger partial charge in [-0.1, -0.05) is 11.6 Å². The summed E-state index contributed by atoms with van der Waals surface area (Å²) in [7, 11) is 0. The molecule has 0 N–H and O–H groups in total. The first-order valence-electron chi connectivity index (χ1n) is 6.28. The molecule has 2 aromatic rings. The zero-order chi connectivity index (χ0) is 13.6. The summed E-state index contributed by atoms with van der Waals surface area (Å²) in [5.41, 5.74) is 3.46. The molecule has 0 fully saturated rings. The van der Waals surface area contributed by atoms with Crippen LogP contribution < -0.4 is 0 Å². The Balaban J connectivity index is 2.23. The standard InChI is InChI=1S/C15H13ClFNO/c1-9-7-11-13(3-2-4-15(11)19)18(9)14-6-5-10(17)8-12(14)16/h5-8H,2-4H2,1H3. The molecule has 0 saturated carbocycles. The number of benzene rings is 1. The van der Waals surface area contributed by atoms with Gasteiger partial charge in [0.1, 0.15) is 5.82 Å². The smallest absolute Gasteiger partial charge is 0.164 e. The molecule has 0 amide bonds. The highest BCUT2D eigenvalue weighted by Gasteiger charge is 2.23. The number of aryl methyl sites for hydroxylation is 1. The van der Waals surface area contributed by atoms with Crippen LogP contribution in [-0.4, -0.2) is 10.4 Å². The van der Waals surface area contributed by atoms with Crippen molar-refractivity contribution in [3.8, 4) is 5.69 Å². The quantitative estimate of drug-likeness (QED) is 0.769. The Kier molecular flexibility index (Phi) is 2.94. The van der Waals surface area contributed by atoms with Crippen LogP contribution in [0.1, 0.15) is 34.6 Å². The van der Waals surface area contributed by atoms with Gasteiger partial charge < -0.3 is 4.57 Å². The van der Waals surface area contributed by atoms with E-state index in [4.69, 9.17) is 11.6 Å². The van der Waals surface area contributed by atoms with E-state index in [1.54, 1.807) is 6.07 Å². The van der Waals surface area contributed by atoms with Crippen LogP contribution in [0.3, 0.4) is 0 Å². The van der Waals surface area contributed by atoms with Crippen molar-refractivity contribution in [3.05, 3.63) is 52.1 Å². The van der Waals surface area contributed by atoms with Crippen molar-refractivity contribution in [1.82, 2.24) is 4.57 Å². The van der Waals surface area contributed by atoms with Crippen LogP contribution in [0.5, 0.6) is 0 Å². The molecule has 0 aliphatic heterocycles. The number of nitrogens with zero attached hydrogens (tertiary/aromatic N) is 1. The minimum Gasteiger partial charge on any atom is -0.316 e. The van der Waals surface area contributed by atoms with Gasteiger partial charge in [-0.05, 0) is 44.0 Å². The third-order valence-electron chi connectivity index (χ3n) is 3.56. The second-order valence-electron chi connectivity index (χ2n) is 4.85. The van der Waals surface area contributed by atoms with Crippen LogP contribution >= 0.6 is 11.6 Å². The van der Waals surface area contributed by atoms with Gasteiger partial charge in [-0.15, -0.1) is 0 Å². The van der Waals surface area contributed by atoms with E-state index in [2.05, 4.69) is 0 Å². The number of hydrogen-bond donors (Lipinski definition) is 0. The molecule has 0 bridgehead atoms. The third kappa shape index (κ3) is 1.98. The molecule has 0 unspecified atom stereocenters. The molecule has 1 aliphatic carbocycles. The van der Waals surface area contributed by atoms with Gasteiger partial charge in [-0.25, -0.2) is 4.39 Å². The molecule has 98 valence electrons. The van der Waals surface area contributed by atoms with Gasteiger partial charge in [0.2, 0.25) is 0 Å². The van der Waals surface area contributed by atoms with Crippen molar-refractivity contribution < 1.29 is 9.18 Å². The van der Waals surface area contributed by atoms with E-state index in [-0.39, 0.29) is 11.6 Å². The van der Waals surface area contributed by atoms with E-state index in [1.807, 2.05) is 17.6 Å². The van der Waals surface area contributed by atoms with Crippen molar-refractivity contribution >= 4 is 17.4 Å². The zero-order valence-electron chi connectivity index (χ0n) is 10.5. The van der Waals surface area contributed by atoms with Gasteiger partial charge in [0.05, 0.1) is 10.7 Å². The highest BCUT2D eigenvalue weighted by atomic mass is 35.5. The molecule has 4 heteroatoms. The van der Waals surface area contributed by atoms with Gasteiger partial charge in [-0.3, -0.25) is 4.79 Å². The first kappa shape index (κ1) is 12.4. The summed E-state index contributed by atoms with van der Waals surface area (Å²) >= 11 is 6.13. The highest BCUT2D eigenvalue weighted by Crippen LogP contribution is 2.31. The lowest BCUT2D eigenvalue weighted by atomic mass is 9.96. The molecule has 1 aromatic heterocycles. The van der Waals surface area contributed by atoms with E-state index >= 15 is 0 Å². The fraction of sp³-hybridized carbons (Fsp3) is 0.267. The van der Waals surface area contributed by atoms with Gasteiger partial charge in [0, 0.05) is 23.4 Å². The summed E-state index contributed by atoms with van der Waals surface area (Å²) in [5, 5.41) is 0.361. The molecule has 3 rings (SSSR count). The van der Waals surface area contributed by atoms with Crippen LogP contribution in [0.15, 0.2) is 24.3 Å². The average Bonchev–Trinajstić information content (AvgIpc) is 2.68. The molecule has 0 atom stereocenters. The second kappa shape index (κ2) is 4.49. The number of halogens is 2. The maximum absolute atomic E-state index is 13.1. The van der Waals surface area contributed by atoms with Crippen molar-refractivity contribution in [3.63, 3.8) is 0 Å². The van der Waals surface area contributed by atoms with Crippen molar-refractivity contribution in [2.24, 2.45) is 0 Å². The molecule has 0 saturated heterocycles. The number of Topliss-reactive ketones (excluding diaryl/α,β-unsaturated/α-hetero) is 1. The predicted molar refractivity (Wildman–Crippen MR) is 72.7 cm³/mol. The van der Waals surface area contributed by atoms with E-state index in [0.29, 0.717) is 11.4 Å². The maximum atomic E-state index is 13.1. The number of ketones is 1. The number of carbonyl (C=O) groups is 1. The maximum Gasteiger partial charge on any atom is 0.164 e. The lowest BCUT2D eigenvalue weighted by molar-refractivity contribution is 0.0972. The number of carbonyl (C=O) groups excluding carboxylic acids is 1. The molecule has 1 heterocycles. The molecule has 0 radical (unpaired) electrons. The summed E-state index contributed by atoms with van der Waals surface area (Å²) < 4.78 is 15.1. The van der Waals surface area contributed by atoms with E-state index < -0.39 is 0 Å². The van der Waals surface area contributed by atoms with Crippen molar-refractivity contribution in [1.29, 1.82) is 0 Å². The van der Waals surface area contributed by atoms with Gasteiger partial charge in [-0.2, -0.15) is 0 Å². The number of fused-ring (bicyclic) bond motifs is 1. The number of rotatable bonds is 1. The summed E-state index contributed by atoms with van der Waals surface area (Å²) in [6.07, 6.45) is 2.31. The highest BCUT2D eigenvalue weighted by molar-refractivity contribution is 6.32. The second-order valence-corrected chi connectivity index (χ2v) is 5.26. The summed E-state index contributed by atoms with van der Waals surface area (Å²) in [4.78, 5) is 11.9. The molecule has 1 aromatic carbocycles. The summed E-state index contributed by atoms with van der Waals surface area (Å²) in [6, 6.07) is 6.24. The minimum atomic E-state index is -0.358. The number of aromatic nitrogens is 1. The van der Waals surface area contributed by atoms with Gasteiger partial charge in [0.25, 0.3) is 0 Å². The topological polar surface area (TPSA) is 22.0 Å². The van der Waals surface area contributed by atoms with Crippen molar-refractivity contribution in [2.45, 2.75) is 26.2 Å². The molecule has 2 nitrogen and oxygen atoms in total.